The zero-order chi connectivity index (χ0) is 13.9. The summed E-state index contributed by atoms with van der Waals surface area (Å²) in [5.74, 6) is 0.104. The monoisotopic (exact) mass is 269 g/mol. The topological polar surface area (TPSA) is 37.3 Å². The lowest BCUT2D eigenvalue weighted by molar-refractivity contribution is 0.0624. The fourth-order valence-electron chi connectivity index (χ4n) is 2.75. The smallest absolute Gasteiger partial charge is 0.271 e. The number of aryl methyl sites for hydroxylation is 1. The number of piperazine rings is 1. The molecule has 1 aliphatic rings. The molecule has 1 fully saturated rings. The molecule has 1 atom stereocenters. The quantitative estimate of drug-likeness (QED) is 0.903. The van der Waals surface area contributed by atoms with Gasteiger partial charge in [-0.25, -0.2) is 0 Å². The molecule has 0 spiro atoms. The van der Waals surface area contributed by atoms with Crippen LogP contribution in [-0.2, 0) is 7.05 Å². The van der Waals surface area contributed by atoms with E-state index < -0.39 is 0 Å². The third kappa shape index (κ3) is 2.34. The molecular formula is C16H19N3O. The maximum atomic E-state index is 12.7. The normalized spacial score (nSPS) is 19.1. The van der Waals surface area contributed by atoms with E-state index in [1.54, 1.807) is 0 Å². The van der Waals surface area contributed by atoms with E-state index in [9.17, 15) is 4.79 Å². The number of carbonyl (C=O) groups is 1. The Morgan fingerprint density at radius 1 is 1.20 bits per heavy atom. The maximum absolute atomic E-state index is 12.7. The van der Waals surface area contributed by atoms with Crippen LogP contribution < -0.4 is 5.32 Å². The van der Waals surface area contributed by atoms with Crippen LogP contribution in [0.25, 0.3) is 0 Å². The van der Waals surface area contributed by atoms with Gasteiger partial charge in [0.1, 0.15) is 5.69 Å². The highest BCUT2D eigenvalue weighted by molar-refractivity contribution is 5.93. The number of nitrogens with zero attached hydrogens (tertiary/aromatic N) is 2. The van der Waals surface area contributed by atoms with Gasteiger partial charge in [0, 0.05) is 32.9 Å². The van der Waals surface area contributed by atoms with Crippen molar-refractivity contribution in [1.82, 2.24) is 14.8 Å². The number of carbonyl (C=O) groups excluding carboxylic acids is 1. The van der Waals surface area contributed by atoms with E-state index in [1.165, 1.54) is 5.56 Å². The first-order valence-corrected chi connectivity index (χ1v) is 6.95. The number of nitrogens with one attached hydrogen (secondary N) is 1. The minimum absolute atomic E-state index is 0.104. The molecule has 1 N–H and O–H groups in total. The second-order valence-corrected chi connectivity index (χ2v) is 5.13. The first-order chi connectivity index (χ1) is 9.77. The Balaban J connectivity index is 1.90. The van der Waals surface area contributed by atoms with E-state index in [1.807, 2.05) is 53.0 Å². The molecule has 104 valence electrons. The van der Waals surface area contributed by atoms with Gasteiger partial charge in [-0.1, -0.05) is 30.3 Å². The van der Waals surface area contributed by atoms with Crippen molar-refractivity contribution in [3.05, 3.63) is 59.9 Å². The minimum atomic E-state index is 0.104. The van der Waals surface area contributed by atoms with Gasteiger partial charge in [0.2, 0.25) is 0 Å². The summed E-state index contributed by atoms with van der Waals surface area (Å²) in [6.45, 7) is 2.39. The van der Waals surface area contributed by atoms with Crippen LogP contribution in [0.5, 0.6) is 0 Å². The van der Waals surface area contributed by atoms with Crippen molar-refractivity contribution >= 4 is 5.91 Å². The van der Waals surface area contributed by atoms with Gasteiger partial charge in [0.05, 0.1) is 6.04 Å². The minimum Gasteiger partial charge on any atom is -0.347 e. The fourth-order valence-corrected chi connectivity index (χ4v) is 2.75. The Hall–Kier alpha value is -2.07. The summed E-state index contributed by atoms with van der Waals surface area (Å²) in [7, 11) is 1.91. The van der Waals surface area contributed by atoms with Gasteiger partial charge < -0.3 is 14.8 Å². The van der Waals surface area contributed by atoms with Crippen molar-refractivity contribution in [3.8, 4) is 0 Å². The summed E-state index contributed by atoms with van der Waals surface area (Å²) in [6, 6.07) is 14.1. The summed E-state index contributed by atoms with van der Waals surface area (Å²) >= 11 is 0. The van der Waals surface area contributed by atoms with Crippen molar-refractivity contribution in [2.24, 2.45) is 7.05 Å². The van der Waals surface area contributed by atoms with Crippen LogP contribution in [0.2, 0.25) is 0 Å². The van der Waals surface area contributed by atoms with Crippen LogP contribution >= 0.6 is 0 Å². The zero-order valence-electron chi connectivity index (χ0n) is 11.6. The lowest BCUT2D eigenvalue weighted by Gasteiger charge is -2.36. The van der Waals surface area contributed by atoms with E-state index in [2.05, 4.69) is 17.4 Å². The third-order valence-corrected chi connectivity index (χ3v) is 3.85. The summed E-state index contributed by atoms with van der Waals surface area (Å²) in [6.07, 6.45) is 1.91. The average molecular weight is 269 g/mol. The first kappa shape index (κ1) is 12.9. The SMILES string of the molecule is Cn1cccc1C(=O)N1CCNC[C@H]1c1ccccc1. The maximum Gasteiger partial charge on any atom is 0.271 e. The number of rotatable bonds is 2. The van der Waals surface area contributed by atoms with Gasteiger partial charge in [-0.2, -0.15) is 0 Å². The molecule has 4 nitrogen and oxygen atoms in total. The van der Waals surface area contributed by atoms with Crippen molar-refractivity contribution in [1.29, 1.82) is 0 Å². The Labute approximate surface area is 119 Å². The molecule has 20 heavy (non-hydrogen) atoms. The molecule has 0 unspecified atom stereocenters. The number of benzene rings is 1. The van der Waals surface area contributed by atoms with E-state index in [0.717, 1.165) is 25.3 Å². The van der Waals surface area contributed by atoms with E-state index in [-0.39, 0.29) is 11.9 Å². The molecule has 2 heterocycles. The van der Waals surface area contributed by atoms with Gasteiger partial charge in [0.25, 0.3) is 5.91 Å². The highest BCUT2D eigenvalue weighted by Gasteiger charge is 2.29. The molecule has 0 radical (unpaired) electrons. The highest BCUT2D eigenvalue weighted by atomic mass is 16.2. The van der Waals surface area contributed by atoms with Crippen LogP contribution in [0.4, 0.5) is 0 Å². The number of amides is 1. The second-order valence-electron chi connectivity index (χ2n) is 5.13. The van der Waals surface area contributed by atoms with Crippen LogP contribution in [0.3, 0.4) is 0 Å². The van der Waals surface area contributed by atoms with Gasteiger partial charge in [-0.15, -0.1) is 0 Å². The second kappa shape index (κ2) is 5.51. The lowest BCUT2D eigenvalue weighted by Crippen LogP contribution is -2.49. The standard InChI is InChI=1S/C16H19N3O/c1-18-10-5-8-14(18)16(20)19-11-9-17-12-15(19)13-6-3-2-4-7-13/h2-8,10,15,17H,9,11-12H2,1H3/t15-/m0/s1. The third-order valence-electron chi connectivity index (χ3n) is 3.85. The molecule has 1 amide bonds. The van der Waals surface area contributed by atoms with Crippen molar-refractivity contribution in [2.75, 3.05) is 19.6 Å². The Kier molecular flexibility index (Phi) is 3.56. The average Bonchev–Trinajstić information content (AvgIpc) is 2.93. The number of aromatic nitrogens is 1. The number of hydrogen-bond donors (Lipinski definition) is 1. The van der Waals surface area contributed by atoms with Crippen molar-refractivity contribution in [2.45, 2.75) is 6.04 Å². The Morgan fingerprint density at radius 2 is 2.00 bits per heavy atom. The first-order valence-electron chi connectivity index (χ1n) is 6.95. The van der Waals surface area contributed by atoms with Crippen molar-refractivity contribution in [3.63, 3.8) is 0 Å². The van der Waals surface area contributed by atoms with E-state index in [4.69, 9.17) is 0 Å². The summed E-state index contributed by atoms with van der Waals surface area (Å²) in [5.41, 5.74) is 1.93. The largest absolute Gasteiger partial charge is 0.347 e. The van der Waals surface area contributed by atoms with E-state index in [0.29, 0.717) is 0 Å². The predicted molar refractivity (Wildman–Crippen MR) is 78.5 cm³/mol. The van der Waals surface area contributed by atoms with Gasteiger partial charge >= 0.3 is 0 Å². The highest BCUT2D eigenvalue weighted by Crippen LogP contribution is 2.23. The number of hydrogen-bond acceptors (Lipinski definition) is 2. The van der Waals surface area contributed by atoms with Crippen LogP contribution in [0.15, 0.2) is 48.7 Å². The zero-order valence-corrected chi connectivity index (χ0v) is 11.6. The van der Waals surface area contributed by atoms with Gasteiger partial charge in [-0.3, -0.25) is 4.79 Å². The van der Waals surface area contributed by atoms with Crippen LogP contribution in [0.1, 0.15) is 22.1 Å². The molecule has 4 heteroatoms. The van der Waals surface area contributed by atoms with Crippen molar-refractivity contribution < 1.29 is 4.79 Å². The molecule has 0 saturated carbocycles. The molecule has 2 aromatic rings. The van der Waals surface area contributed by atoms with Crippen LogP contribution in [-0.4, -0.2) is 35.0 Å². The molecule has 1 aromatic heterocycles. The molecular weight excluding hydrogens is 250 g/mol. The Morgan fingerprint density at radius 3 is 2.70 bits per heavy atom. The predicted octanol–water partition coefficient (Wildman–Crippen LogP) is 1.81. The van der Waals surface area contributed by atoms with Gasteiger partial charge in [0.15, 0.2) is 0 Å². The molecule has 1 aliphatic heterocycles. The summed E-state index contributed by atoms with van der Waals surface area (Å²) in [5, 5.41) is 3.38. The van der Waals surface area contributed by atoms with Crippen LogP contribution in [0, 0.1) is 0 Å². The lowest BCUT2D eigenvalue weighted by atomic mass is 10.0. The molecule has 1 saturated heterocycles. The van der Waals surface area contributed by atoms with E-state index >= 15 is 0 Å². The van der Waals surface area contributed by atoms with Gasteiger partial charge in [-0.05, 0) is 17.7 Å². The molecule has 1 aromatic carbocycles. The fraction of sp³-hybridized carbons (Fsp3) is 0.312. The summed E-state index contributed by atoms with van der Waals surface area (Å²) < 4.78 is 1.88. The molecule has 0 aliphatic carbocycles. The molecule has 0 bridgehead atoms. The Bertz CT molecular complexity index is 591. The molecule has 3 rings (SSSR count). The summed E-state index contributed by atoms with van der Waals surface area (Å²) in [4.78, 5) is 14.7.